The second-order valence-corrected chi connectivity index (χ2v) is 4.84. The Bertz CT molecular complexity index is 509. The van der Waals surface area contributed by atoms with Crippen LogP contribution in [0, 0.1) is 0 Å². The maximum Gasteiger partial charge on any atom is 0.416 e. The maximum atomic E-state index is 12.9. The van der Waals surface area contributed by atoms with E-state index in [1.807, 2.05) is 0 Å². The second-order valence-electron chi connectivity index (χ2n) is 4.84. The summed E-state index contributed by atoms with van der Waals surface area (Å²) < 4.78 is 38.6. The standard InChI is InChI=1S/C13H17F3N4O/c1-2-17-10-5-8(13(14,15)16)6-11(20-10)19-9-3-4-12(21)18-7-9/h5-6,9H,2-4,7H2,1H3,(H,18,21)(H2,17,19,20). The quantitative estimate of drug-likeness (QED) is 0.798. The highest BCUT2D eigenvalue weighted by Crippen LogP contribution is 2.32. The topological polar surface area (TPSA) is 66.0 Å². The molecule has 3 N–H and O–H groups in total. The molecule has 1 aliphatic heterocycles. The molecule has 0 aliphatic carbocycles. The number of hydrogen-bond acceptors (Lipinski definition) is 4. The van der Waals surface area contributed by atoms with Gasteiger partial charge in [0.15, 0.2) is 0 Å². The molecule has 0 radical (unpaired) electrons. The van der Waals surface area contributed by atoms with Crippen molar-refractivity contribution in [2.75, 3.05) is 23.7 Å². The number of pyridine rings is 1. The number of carbonyl (C=O) groups excluding carboxylic acids is 1. The predicted octanol–water partition coefficient (Wildman–Crippen LogP) is 2.22. The number of nitrogens with zero attached hydrogens (tertiary/aromatic N) is 1. The number of piperidine rings is 1. The molecule has 0 bridgehead atoms. The molecule has 0 aromatic carbocycles. The fourth-order valence-electron chi connectivity index (χ4n) is 2.11. The molecule has 1 aromatic heterocycles. The van der Waals surface area contributed by atoms with Gasteiger partial charge in [-0.15, -0.1) is 0 Å². The molecule has 1 saturated heterocycles. The van der Waals surface area contributed by atoms with E-state index >= 15 is 0 Å². The zero-order chi connectivity index (χ0) is 15.5. The van der Waals surface area contributed by atoms with Gasteiger partial charge in [-0.2, -0.15) is 13.2 Å². The van der Waals surface area contributed by atoms with E-state index in [1.165, 1.54) is 0 Å². The van der Waals surface area contributed by atoms with Crippen LogP contribution in [0.4, 0.5) is 24.8 Å². The van der Waals surface area contributed by atoms with E-state index in [-0.39, 0.29) is 23.6 Å². The first-order chi connectivity index (χ1) is 9.88. The lowest BCUT2D eigenvalue weighted by Crippen LogP contribution is -2.42. The zero-order valence-electron chi connectivity index (χ0n) is 11.5. The Morgan fingerprint density at radius 3 is 2.67 bits per heavy atom. The van der Waals surface area contributed by atoms with Crippen LogP contribution in [-0.4, -0.2) is 30.0 Å². The third-order valence-electron chi connectivity index (χ3n) is 3.13. The minimum absolute atomic E-state index is 0.0432. The number of amides is 1. The molecule has 5 nitrogen and oxygen atoms in total. The van der Waals surface area contributed by atoms with Crippen molar-refractivity contribution in [3.05, 3.63) is 17.7 Å². The highest BCUT2D eigenvalue weighted by molar-refractivity contribution is 5.77. The molecule has 1 aliphatic rings. The Morgan fingerprint density at radius 2 is 2.10 bits per heavy atom. The van der Waals surface area contributed by atoms with E-state index in [9.17, 15) is 18.0 Å². The molecule has 1 atom stereocenters. The van der Waals surface area contributed by atoms with Crippen molar-refractivity contribution in [2.24, 2.45) is 0 Å². The lowest BCUT2D eigenvalue weighted by molar-refractivity contribution is -0.137. The fraction of sp³-hybridized carbons (Fsp3) is 0.538. The molecule has 21 heavy (non-hydrogen) atoms. The summed E-state index contributed by atoms with van der Waals surface area (Å²) in [6.45, 7) is 2.65. The van der Waals surface area contributed by atoms with Gasteiger partial charge in [0.25, 0.3) is 0 Å². The Kier molecular flexibility index (Phi) is 4.54. The van der Waals surface area contributed by atoms with Gasteiger partial charge in [-0.3, -0.25) is 4.79 Å². The van der Waals surface area contributed by atoms with E-state index in [0.717, 1.165) is 12.1 Å². The summed E-state index contributed by atoms with van der Waals surface area (Å²) in [5.41, 5.74) is -0.754. The van der Waals surface area contributed by atoms with Crippen LogP contribution in [0.3, 0.4) is 0 Å². The lowest BCUT2D eigenvalue weighted by Gasteiger charge is -2.24. The molecule has 1 aromatic rings. The number of aromatic nitrogens is 1. The minimum atomic E-state index is -4.43. The van der Waals surface area contributed by atoms with E-state index in [4.69, 9.17) is 0 Å². The second kappa shape index (κ2) is 6.19. The first-order valence-corrected chi connectivity index (χ1v) is 6.75. The summed E-state index contributed by atoms with van der Waals surface area (Å²) in [7, 11) is 0. The Balaban J connectivity index is 2.17. The summed E-state index contributed by atoms with van der Waals surface area (Å²) in [6.07, 6.45) is -3.50. The van der Waals surface area contributed by atoms with E-state index < -0.39 is 11.7 Å². The Hall–Kier alpha value is -1.99. The molecule has 8 heteroatoms. The van der Waals surface area contributed by atoms with E-state index in [0.29, 0.717) is 25.9 Å². The normalized spacial score (nSPS) is 19.0. The summed E-state index contributed by atoms with van der Waals surface area (Å²) in [5.74, 6) is 0.287. The number of hydrogen-bond donors (Lipinski definition) is 3. The average Bonchev–Trinajstić information content (AvgIpc) is 2.41. The van der Waals surface area contributed by atoms with Gasteiger partial charge in [0.2, 0.25) is 5.91 Å². The maximum absolute atomic E-state index is 12.9. The van der Waals surface area contributed by atoms with Crippen LogP contribution in [0.1, 0.15) is 25.3 Å². The van der Waals surface area contributed by atoms with Crippen molar-refractivity contribution in [1.29, 1.82) is 0 Å². The molecule has 2 heterocycles. The van der Waals surface area contributed by atoms with Crippen molar-refractivity contribution in [3.8, 4) is 0 Å². The number of carbonyl (C=O) groups is 1. The van der Waals surface area contributed by atoms with Crippen molar-refractivity contribution < 1.29 is 18.0 Å². The van der Waals surface area contributed by atoms with Crippen LogP contribution >= 0.6 is 0 Å². The highest BCUT2D eigenvalue weighted by atomic mass is 19.4. The van der Waals surface area contributed by atoms with Crippen LogP contribution in [0.15, 0.2) is 12.1 Å². The molecule has 1 unspecified atom stereocenters. The van der Waals surface area contributed by atoms with Crippen LogP contribution in [-0.2, 0) is 11.0 Å². The van der Waals surface area contributed by atoms with Gasteiger partial charge in [0, 0.05) is 25.6 Å². The first-order valence-electron chi connectivity index (χ1n) is 6.75. The SMILES string of the molecule is CCNc1cc(C(F)(F)F)cc(NC2CCC(=O)NC2)n1. The highest BCUT2D eigenvalue weighted by Gasteiger charge is 2.32. The summed E-state index contributed by atoms with van der Waals surface area (Å²) >= 11 is 0. The van der Waals surface area contributed by atoms with Crippen molar-refractivity contribution >= 4 is 17.5 Å². The molecule has 116 valence electrons. The average molecular weight is 302 g/mol. The van der Waals surface area contributed by atoms with Crippen LogP contribution in [0.25, 0.3) is 0 Å². The monoisotopic (exact) mass is 302 g/mol. The van der Waals surface area contributed by atoms with Gasteiger partial charge in [0.05, 0.1) is 5.56 Å². The van der Waals surface area contributed by atoms with Gasteiger partial charge in [-0.25, -0.2) is 4.98 Å². The zero-order valence-corrected chi connectivity index (χ0v) is 11.5. The molecule has 1 fully saturated rings. The van der Waals surface area contributed by atoms with E-state index in [2.05, 4.69) is 20.9 Å². The number of halogens is 3. The van der Waals surface area contributed by atoms with Gasteiger partial charge in [-0.05, 0) is 25.5 Å². The molecule has 0 saturated carbocycles. The summed E-state index contributed by atoms with van der Waals surface area (Å²) in [4.78, 5) is 15.2. The van der Waals surface area contributed by atoms with Gasteiger partial charge in [0.1, 0.15) is 11.6 Å². The number of anilines is 2. The third-order valence-corrected chi connectivity index (χ3v) is 3.13. The third kappa shape index (κ3) is 4.24. The predicted molar refractivity (Wildman–Crippen MR) is 73.1 cm³/mol. The van der Waals surface area contributed by atoms with Crippen molar-refractivity contribution in [1.82, 2.24) is 10.3 Å². The molecule has 1 amide bonds. The first kappa shape index (κ1) is 15.4. The number of nitrogens with one attached hydrogen (secondary N) is 3. The molecule has 0 spiro atoms. The van der Waals surface area contributed by atoms with Crippen LogP contribution < -0.4 is 16.0 Å². The van der Waals surface area contributed by atoms with Crippen molar-refractivity contribution in [3.63, 3.8) is 0 Å². The smallest absolute Gasteiger partial charge is 0.370 e. The number of rotatable bonds is 4. The van der Waals surface area contributed by atoms with E-state index in [1.54, 1.807) is 6.92 Å². The van der Waals surface area contributed by atoms with Gasteiger partial charge < -0.3 is 16.0 Å². The number of alkyl halides is 3. The molecule has 2 rings (SSSR count). The van der Waals surface area contributed by atoms with Crippen LogP contribution in [0.5, 0.6) is 0 Å². The molecular formula is C13H17F3N4O. The van der Waals surface area contributed by atoms with Crippen LogP contribution in [0.2, 0.25) is 0 Å². The van der Waals surface area contributed by atoms with Gasteiger partial charge >= 0.3 is 6.18 Å². The lowest BCUT2D eigenvalue weighted by atomic mass is 10.1. The fourth-order valence-corrected chi connectivity index (χ4v) is 2.11. The minimum Gasteiger partial charge on any atom is -0.370 e. The summed E-state index contributed by atoms with van der Waals surface area (Å²) in [5, 5.41) is 8.40. The summed E-state index contributed by atoms with van der Waals surface area (Å²) in [6, 6.07) is 1.85. The van der Waals surface area contributed by atoms with Gasteiger partial charge in [-0.1, -0.05) is 0 Å². The Morgan fingerprint density at radius 1 is 1.38 bits per heavy atom. The largest absolute Gasteiger partial charge is 0.416 e. The van der Waals surface area contributed by atoms with Crippen molar-refractivity contribution in [2.45, 2.75) is 32.0 Å². The molecular weight excluding hydrogens is 285 g/mol. The Labute approximate surface area is 120 Å².